The van der Waals surface area contributed by atoms with E-state index in [1.807, 2.05) is 25.1 Å². The lowest BCUT2D eigenvalue weighted by Gasteiger charge is -2.36. The number of hydrogen-bond acceptors (Lipinski definition) is 2. The minimum atomic E-state index is -0.335. The minimum absolute atomic E-state index is 0.0274. The Hall–Kier alpha value is -1.55. The highest BCUT2D eigenvalue weighted by molar-refractivity contribution is 6.30. The monoisotopic (exact) mass is 292 g/mol. The molecule has 1 N–H and O–H groups in total. The van der Waals surface area contributed by atoms with Gasteiger partial charge in [0.1, 0.15) is 12.6 Å². The van der Waals surface area contributed by atoms with Crippen LogP contribution in [0.5, 0.6) is 0 Å². The summed E-state index contributed by atoms with van der Waals surface area (Å²) in [4.78, 5) is 26.0. The smallest absolute Gasteiger partial charge is 0.246 e. The van der Waals surface area contributed by atoms with Crippen molar-refractivity contribution in [2.24, 2.45) is 5.92 Å². The van der Waals surface area contributed by atoms with Crippen molar-refractivity contribution in [1.82, 2.24) is 10.2 Å². The molecule has 1 aromatic carbocycles. The number of nitrogens with one attached hydrogen (secondary N) is 1. The largest absolute Gasteiger partial charge is 0.342 e. The fourth-order valence-corrected chi connectivity index (χ4v) is 2.91. The molecule has 1 saturated carbocycles. The lowest BCUT2D eigenvalue weighted by molar-refractivity contribution is -0.147. The number of hydrogen-bond donors (Lipinski definition) is 1. The molecule has 2 fully saturated rings. The van der Waals surface area contributed by atoms with Crippen molar-refractivity contribution in [3.8, 4) is 0 Å². The van der Waals surface area contributed by atoms with E-state index in [2.05, 4.69) is 5.32 Å². The summed E-state index contributed by atoms with van der Waals surface area (Å²) >= 11 is 6.00. The summed E-state index contributed by atoms with van der Waals surface area (Å²) in [6, 6.07) is 6.96. The SMILES string of the molecule is CC(c1cccc(Cl)c1)N1CC(=O)NC(C2CC2)C1=O. The second kappa shape index (κ2) is 5.09. The van der Waals surface area contributed by atoms with Gasteiger partial charge in [-0.2, -0.15) is 0 Å². The van der Waals surface area contributed by atoms with Crippen molar-refractivity contribution < 1.29 is 9.59 Å². The summed E-state index contributed by atoms with van der Waals surface area (Å²) in [5, 5.41) is 3.46. The van der Waals surface area contributed by atoms with Gasteiger partial charge in [-0.05, 0) is 43.4 Å². The molecule has 0 spiro atoms. The van der Waals surface area contributed by atoms with E-state index in [-0.39, 0.29) is 30.4 Å². The van der Waals surface area contributed by atoms with Gasteiger partial charge in [0, 0.05) is 5.02 Å². The van der Waals surface area contributed by atoms with Crippen LogP contribution in [0.2, 0.25) is 5.02 Å². The van der Waals surface area contributed by atoms with Crippen LogP contribution >= 0.6 is 11.6 Å². The van der Waals surface area contributed by atoms with Crippen molar-refractivity contribution in [2.75, 3.05) is 6.54 Å². The first kappa shape index (κ1) is 13.4. The summed E-state index contributed by atoms with van der Waals surface area (Å²) < 4.78 is 0. The normalized spacial score (nSPS) is 24.5. The first-order chi connectivity index (χ1) is 9.56. The second-order valence-corrected chi connectivity index (χ2v) is 6.02. The Kier molecular flexibility index (Phi) is 3.42. The van der Waals surface area contributed by atoms with Crippen LogP contribution in [0.1, 0.15) is 31.4 Å². The summed E-state index contributed by atoms with van der Waals surface area (Å²) in [5.74, 6) is 0.274. The average molecular weight is 293 g/mol. The highest BCUT2D eigenvalue weighted by Crippen LogP contribution is 2.36. The molecule has 1 aliphatic carbocycles. The van der Waals surface area contributed by atoms with Crippen LogP contribution in [0.25, 0.3) is 0 Å². The molecular formula is C15H17ClN2O2. The van der Waals surface area contributed by atoms with E-state index in [1.54, 1.807) is 11.0 Å². The number of amides is 2. The van der Waals surface area contributed by atoms with Gasteiger partial charge in [0.15, 0.2) is 0 Å². The van der Waals surface area contributed by atoms with Crippen LogP contribution in [0.3, 0.4) is 0 Å². The molecule has 1 aliphatic heterocycles. The van der Waals surface area contributed by atoms with E-state index in [1.165, 1.54) is 0 Å². The van der Waals surface area contributed by atoms with E-state index in [4.69, 9.17) is 11.6 Å². The van der Waals surface area contributed by atoms with Gasteiger partial charge >= 0.3 is 0 Å². The van der Waals surface area contributed by atoms with Gasteiger partial charge in [-0.1, -0.05) is 23.7 Å². The molecule has 3 rings (SSSR count). The Morgan fingerprint density at radius 1 is 1.35 bits per heavy atom. The summed E-state index contributed by atoms with van der Waals surface area (Å²) in [6.45, 7) is 2.06. The topological polar surface area (TPSA) is 49.4 Å². The molecule has 4 nitrogen and oxygen atoms in total. The van der Waals surface area contributed by atoms with Crippen LogP contribution in [-0.2, 0) is 9.59 Å². The Morgan fingerprint density at radius 3 is 2.75 bits per heavy atom. The van der Waals surface area contributed by atoms with Crippen molar-refractivity contribution in [1.29, 1.82) is 0 Å². The maximum Gasteiger partial charge on any atom is 0.246 e. The average Bonchev–Trinajstić information content (AvgIpc) is 3.24. The van der Waals surface area contributed by atoms with Crippen LogP contribution in [0, 0.1) is 5.92 Å². The van der Waals surface area contributed by atoms with Crippen LogP contribution in [-0.4, -0.2) is 29.3 Å². The first-order valence-electron chi connectivity index (χ1n) is 6.91. The standard InChI is InChI=1S/C15H17ClN2O2/c1-9(11-3-2-4-12(16)7-11)18-8-13(19)17-14(15(18)20)10-5-6-10/h2-4,7,9-10,14H,5-6,8H2,1H3,(H,17,19). The number of piperazine rings is 1. The summed E-state index contributed by atoms with van der Waals surface area (Å²) in [6.07, 6.45) is 2.05. The zero-order chi connectivity index (χ0) is 14.3. The third-order valence-corrected chi connectivity index (χ3v) is 4.31. The minimum Gasteiger partial charge on any atom is -0.342 e. The molecular weight excluding hydrogens is 276 g/mol. The highest BCUT2D eigenvalue weighted by atomic mass is 35.5. The van der Waals surface area contributed by atoms with Crippen molar-refractivity contribution >= 4 is 23.4 Å². The third kappa shape index (κ3) is 2.52. The molecule has 106 valence electrons. The number of carbonyl (C=O) groups excluding carboxylic acids is 2. The first-order valence-corrected chi connectivity index (χ1v) is 7.29. The lowest BCUT2D eigenvalue weighted by Crippen LogP contribution is -2.59. The molecule has 2 amide bonds. The molecule has 2 atom stereocenters. The van der Waals surface area contributed by atoms with Crippen molar-refractivity contribution in [3.05, 3.63) is 34.9 Å². The summed E-state index contributed by atoms with van der Waals surface area (Å²) in [7, 11) is 0. The molecule has 0 radical (unpaired) electrons. The summed E-state index contributed by atoms with van der Waals surface area (Å²) in [5.41, 5.74) is 0.954. The molecule has 0 aromatic heterocycles. The fraction of sp³-hybridized carbons (Fsp3) is 0.467. The van der Waals surface area contributed by atoms with Gasteiger partial charge in [0.2, 0.25) is 11.8 Å². The zero-order valence-corrected chi connectivity index (χ0v) is 12.1. The van der Waals surface area contributed by atoms with Crippen molar-refractivity contribution in [3.63, 3.8) is 0 Å². The predicted octanol–water partition coefficient (Wildman–Crippen LogP) is 2.14. The molecule has 5 heteroatoms. The van der Waals surface area contributed by atoms with E-state index >= 15 is 0 Å². The Morgan fingerprint density at radius 2 is 2.10 bits per heavy atom. The van der Waals surface area contributed by atoms with Gasteiger partial charge < -0.3 is 10.2 Å². The molecule has 2 unspecified atom stereocenters. The van der Waals surface area contributed by atoms with Gasteiger partial charge in [0.25, 0.3) is 0 Å². The maximum atomic E-state index is 12.5. The van der Waals surface area contributed by atoms with Crippen molar-refractivity contribution in [2.45, 2.75) is 31.8 Å². The van der Waals surface area contributed by atoms with E-state index in [9.17, 15) is 9.59 Å². The molecule has 2 aliphatic rings. The fourth-order valence-electron chi connectivity index (χ4n) is 2.72. The van der Waals surface area contributed by atoms with E-state index in [0.717, 1.165) is 18.4 Å². The number of carbonyl (C=O) groups is 2. The lowest BCUT2D eigenvalue weighted by atomic mass is 10.0. The Labute approximate surface area is 123 Å². The van der Waals surface area contributed by atoms with Gasteiger partial charge in [-0.25, -0.2) is 0 Å². The molecule has 0 bridgehead atoms. The van der Waals surface area contributed by atoms with Crippen LogP contribution < -0.4 is 5.32 Å². The van der Waals surface area contributed by atoms with Crippen LogP contribution in [0.4, 0.5) is 0 Å². The zero-order valence-electron chi connectivity index (χ0n) is 11.3. The molecule has 1 heterocycles. The van der Waals surface area contributed by atoms with Gasteiger partial charge in [-0.3, -0.25) is 9.59 Å². The highest BCUT2D eigenvalue weighted by Gasteiger charge is 2.43. The number of rotatable bonds is 3. The van der Waals surface area contributed by atoms with Gasteiger partial charge in [0.05, 0.1) is 6.04 Å². The predicted molar refractivity (Wildman–Crippen MR) is 76.2 cm³/mol. The molecule has 1 aromatic rings. The maximum absolute atomic E-state index is 12.5. The van der Waals surface area contributed by atoms with E-state index in [0.29, 0.717) is 10.9 Å². The molecule has 20 heavy (non-hydrogen) atoms. The number of benzene rings is 1. The Bertz CT molecular complexity index is 557. The quantitative estimate of drug-likeness (QED) is 0.928. The van der Waals surface area contributed by atoms with Gasteiger partial charge in [-0.15, -0.1) is 0 Å². The number of halogens is 1. The van der Waals surface area contributed by atoms with E-state index < -0.39 is 0 Å². The number of nitrogens with zero attached hydrogens (tertiary/aromatic N) is 1. The second-order valence-electron chi connectivity index (χ2n) is 5.58. The Balaban J connectivity index is 1.83. The van der Waals surface area contributed by atoms with Crippen LogP contribution in [0.15, 0.2) is 24.3 Å². The third-order valence-electron chi connectivity index (χ3n) is 4.07. The molecule has 1 saturated heterocycles.